The molecule has 8 heteroatoms. The average Bonchev–Trinajstić information content (AvgIpc) is 2.72. The van der Waals surface area contributed by atoms with Crippen molar-refractivity contribution in [3.63, 3.8) is 0 Å². The maximum absolute atomic E-state index is 13.5. The van der Waals surface area contributed by atoms with Crippen LogP contribution >= 0.6 is 0 Å². The van der Waals surface area contributed by atoms with Gasteiger partial charge in [0.15, 0.2) is 0 Å². The number of benzene rings is 2. The first-order valence-corrected chi connectivity index (χ1v) is 10.5. The van der Waals surface area contributed by atoms with Gasteiger partial charge in [-0.15, -0.1) is 0 Å². The lowest BCUT2D eigenvalue weighted by Gasteiger charge is -2.37. The summed E-state index contributed by atoms with van der Waals surface area (Å²) in [5.74, 6) is 0.477. The summed E-state index contributed by atoms with van der Waals surface area (Å²) in [5, 5.41) is 0. The first-order chi connectivity index (χ1) is 13.4. The van der Waals surface area contributed by atoms with Crippen LogP contribution in [0, 0.1) is 5.82 Å². The number of hydrogen-bond acceptors (Lipinski definition) is 5. The minimum Gasteiger partial charge on any atom is -0.497 e. The second-order valence-corrected chi connectivity index (χ2v) is 8.59. The van der Waals surface area contributed by atoms with Gasteiger partial charge in [0, 0.05) is 38.3 Å². The van der Waals surface area contributed by atoms with Gasteiger partial charge in [-0.25, -0.2) is 12.8 Å². The van der Waals surface area contributed by atoms with Crippen molar-refractivity contribution in [3.05, 3.63) is 53.8 Å². The predicted octanol–water partition coefficient (Wildman–Crippen LogP) is 2.91. The molecule has 0 amide bonds. The SMILES string of the molecule is COc1ccc(OC)c(S(=O)(=O)N2CCN(C(C)c3cccc(F)c3)CC2)c1. The molecular formula is C20H25FN2O4S. The zero-order valence-electron chi connectivity index (χ0n) is 16.3. The molecule has 1 unspecified atom stereocenters. The highest BCUT2D eigenvalue weighted by molar-refractivity contribution is 7.89. The van der Waals surface area contributed by atoms with Crippen molar-refractivity contribution in [2.45, 2.75) is 17.9 Å². The number of ether oxygens (including phenoxy) is 2. The van der Waals surface area contributed by atoms with Crippen molar-refractivity contribution in [2.75, 3.05) is 40.4 Å². The van der Waals surface area contributed by atoms with Crippen molar-refractivity contribution in [1.82, 2.24) is 9.21 Å². The third-order valence-electron chi connectivity index (χ3n) is 5.14. The van der Waals surface area contributed by atoms with E-state index in [2.05, 4.69) is 4.90 Å². The summed E-state index contributed by atoms with van der Waals surface area (Å²) in [5.41, 5.74) is 0.880. The van der Waals surface area contributed by atoms with E-state index < -0.39 is 10.0 Å². The standard InChI is InChI=1S/C20H25FN2O4S/c1-15(16-5-4-6-17(21)13-16)22-9-11-23(12-10-22)28(24,25)20-14-18(26-2)7-8-19(20)27-3/h4-8,13-15H,9-12H2,1-3H3. The average molecular weight is 408 g/mol. The first-order valence-electron chi connectivity index (χ1n) is 9.08. The van der Waals surface area contributed by atoms with Gasteiger partial charge in [-0.1, -0.05) is 12.1 Å². The molecule has 1 atom stereocenters. The molecule has 1 aliphatic rings. The van der Waals surface area contributed by atoms with Crippen LogP contribution < -0.4 is 9.47 Å². The smallest absolute Gasteiger partial charge is 0.246 e. The minimum absolute atomic E-state index is 0.00640. The van der Waals surface area contributed by atoms with E-state index in [1.54, 1.807) is 18.2 Å². The highest BCUT2D eigenvalue weighted by Crippen LogP contribution is 2.32. The van der Waals surface area contributed by atoms with Crippen LogP contribution in [0.3, 0.4) is 0 Å². The van der Waals surface area contributed by atoms with Crippen molar-refractivity contribution < 1.29 is 22.3 Å². The van der Waals surface area contributed by atoms with Gasteiger partial charge < -0.3 is 9.47 Å². The minimum atomic E-state index is -3.72. The van der Waals surface area contributed by atoms with Gasteiger partial charge in [-0.05, 0) is 36.8 Å². The second-order valence-electron chi connectivity index (χ2n) is 6.69. The highest BCUT2D eigenvalue weighted by Gasteiger charge is 2.32. The number of sulfonamides is 1. The molecule has 1 saturated heterocycles. The molecule has 0 N–H and O–H groups in total. The fraction of sp³-hybridized carbons (Fsp3) is 0.400. The van der Waals surface area contributed by atoms with Crippen LogP contribution in [0.1, 0.15) is 18.5 Å². The Morgan fingerprint density at radius 2 is 1.71 bits per heavy atom. The Balaban J connectivity index is 1.75. The van der Waals surface area contributed by atoms with E-state index in [4.69, 9.17) is 9.47 Å². The molecule has 1 heterocycles. The molecule has 152 valence electrons. The number of methoxy groups -OCH3 is 2. The second kappa shape index (κ2) is 8.46. The summed E-state index contributed by atoms with van der Waals surface area (Å²) in [7, 11) is -0.781. The Morgan fingerprint density at radius 1 is 1.00 bits per heavy atom. The summed E-state index contributed by atoms with van der Waals surface area (Å²) in [4.78, 5) is 2.25. The maximum atomic E-state index is 13.5. The summed E-state index contributed by atoms with van der Waals surface area (Å²) in [6, 6.07) is 11.3. The lowest BCUT2D eigenvalue weighted by molar-refractivity contribution is 0.145. The number of hydrogen-bond donors (Lipinski definition) is 0. The molecule has 2 aromatic carbocycles. The number of nitrogens with zero attached hydrogens (tertiary/aromatic N) is 2. The fourth-order valence-electron chi connectivity index (χ4n) is 3.43. The van der Waals surface area contributed by atoms with Crippen LogP contribution in [-0.2, 0) is 10.0 Å². The highest BCUT2D eigenvalue weighted by atomic mass is 32.2. The molecule has 0 saturated carbocycles. The largest absolute Gasteiger partial charge is 0.497 e. The van der Waals surface area contributed by atoms with Crippen molar-refractivity contribution in [3.8, 4) is 11.5 Å². The Morgan fingerprint density at radius 3 is 2.32 bits per heavy atom. The Labute approximate surface area is 165 Å². The van der Waals surface area contributed by atoms with E-state index in [1.165, 1.54) is 36.7 Å². The van der Waals surface area contributed by atoms with Gasteiger partial charge in [0.1, 0.15) is 22.2 Å². The normalized spacial score (nSPS) is 17.3. The van der Waals surface area contributed by atoms with E-state index >= 15 is 0 Å². The van der Waals surface area contributed by atoms with Gasteiger partial charge in [-0.2, -0.15) is 4.31 Å². The predicted molar refractivity (Wildman–Crippen MR) is 105 cm³/mol. The maximum Gasteiger partial charge on any atom is 0.246 e. The first kappa shape index (κ1) is 20.6. The van der Waals surface area contributed by atoms with Crippen molar-refractivity contribution in [1.29, 1.82) is 0 Å². The molecule has 0 aliphatic carbocycles. The molecule has 0 aromatic heterocycles. The Bertz CT molecular complexity index is 928. The van der Waals surface area contributed by atoms with Crippen LogP contribution in [0.4, 0.5) is 4.39 Å². The molecule has 6 nitrogen and oxygen atoms in total. The fourth-order valence-corrected chi connectivity index (χ4v) is 5.03. The lowest BCUT2D eigenvalue weighted by atomic mass is 10.1. The van der Waals surface area contributed by atoms with Gasteiger partial charge in [0.25, 0.3) is 0 Å². The zero-order valence-corrected chi connectivity index (χ0v) is 17.1. The summed E-state index contributed by atoms with van der Waals surface area (Å²) < 4.78 is 51.7. The van der Waals surface area contributed by atoms with Gasteiger partial charge in [-0.3, -0.25) is 4.90 Å². The van der Waals surface area contributed by atoms with E-state index in [9.17, 15) is 12.8 Å². The van der Waals surface area contributed by atoms with Crippen LogP contribution in [0.15, 0.2) is 47.4 Å². The molecule has 0 bridgehead atoms. The molecule has 1 aliphatic heterocycles. The third kappa shape index (κ3) is 4.14. The monoisotopic (exact) mass is 408 g/mol. The van der Waals surface area contributed by atoms with E-state index in [1.807, 2.05) is 13.0 Å². The summed E-state index contributed by atoms with van der Waals surface area (Å²) in [6.07, 6.45) is 0. The molecule has 3 rings (SSSR count). The van der Waals surface area contributed by atoms with Gasteiger partial charge in [0.05, 0.1) is 14.2 Å². The quantitative estimate of drug-likeness (QED) is 0.736. The number of piperazine rings is 1. The van der Waals surface area contributed by atoms with E-state index in [0.717, 1.165) is 5.56 Å². The Hall–Kier alpha value is -2.16. The molecule has 1 fully saturated rings. The van der Waals surface area contributed by atoms with Gasteiger partial charge in [0.2, 0.25) is 10.0 Å². The van der Waals surface area contributed by atoms with Crippen LogP contribution in [0.25, 0.3) is 0 Å². The van der Waals surface area contributed by atoms with Gasteiger partial charge >= 0.3 is 0 Å². The van der Waals surface area contributed by atoms with Crippen molar-refractivity contribution >= 4 is 10.0 Å². The zero-order chi connectivity index (χ0) is 20.3. The summed E-state index contributed by atoms with van der Waals surface area (Å²) >= 11 is 0. The molecular weight excluding hydrogens is 383 g/mol. The summed E-state index contributed by atoms with van der Waals surface area (Å²) in [6.45, 7) is 3.82. The number of rotatable bonds is 6. The van der Waals surface area contributed by atoms with Crippen LogP contribution in [0.2, 0.25) is 0 Å². The number of halogens is 1. The lowest BCUT2D eigenvalue weighted by Crippen LogP contribution is -2.49. The molecule has 0 spiro atoms. The molecule has 2 aromatic rings. The topological polar surface area (TPSA) is 59.1 Å². The molecule has 28 heavy (non-hydrogen) atoms. The molecule has 0 radical (unpaired) electrons. The van der Waals surface area contributed by atoms with E-state index in [-0.39, 0.29) is 22.5 Å². The van der Waals surface area contributed by atoms with Crippen LogP contribution in [0.5, 0.6) is 11.5 Å². The van der Waals surface area contributed by atoms with Crippen LogP contribution in [-0.4, -0.2) is 58.0 Å². The van der Waals surface area contributed by atoms with E-state index in [0.29, 0.717) is 31.9 Å². The van der Waals surface area contributed by atoms with Crippen molar-refractivity contribution in [2.24, 2.45) is 0 Å². The Kier molecular flexibility index (Phi) is 6.22. The third-order valence-corrected chi connectivity index (χ3v) is 7.06.